The van der Waals surface area contributed by atoms with Gasteiger partial charge in [-0.15, -0.1) is 0 Å². The van der Waals surface area contributed by atoms with Crippen LogP contribution in [-0.4, -0.2) is 37.0 Å². The monoisotopic (exact) mass is 650 g/mol. The molecule has 1 aliphatic carbocycles. The zero-order chi connectivity index (χ0) is 31.5. The molecule has 1 saturated carbocycles. The molecule has 0 amide bonds. The zero-order valence-corrected chi connectivity index (χ0v) is 29.4. The third-order valence-corrected chi connectivity index (χ3v) is 8.31. The number of hydrogen-bond acceptors (Lipinski definition) is 7. The van der Waals surface area contributed by atoms with E-state index in [2.05, 4.69) is 14.7 Å². The molecule has 2 N–H and O–H groups in total. The van der Waals surface area contributed by atoms with Gasteiger partial charge in [0.15, 0.2) is 5.82 Å². The molecule has 1 fully saturated rings. The van der Waals surface area contributed by atoms with Crippen LogP contribution in [-0.2, 0) is 12.8 Å². The van der Waals surface area contributed by atoms with Gasteiger partial charge in [0.05, 0.1) is 23.6 Å². The quantitative estimate of drug-likeness (QED) is 0.235. The molecule has 0 atom stereocenters. The minimum absolute atomic E-state index is 0. The number of aliphatic hydroxyl groups excluding tert-OH is 1. The van der Waals surface area contributed by atoms with Crippen molar-refractivity contribution in [3.63, 3.8) is 0 Å². The first-order valence-corrected chi connectivity index (χ1v) is 15.3. The van der Waals surface area contributed by atoms with Crippen LogP contribution in [0.4, 0.5) is 4.39 Å². The number of nitrogens with one attached hydrogen (secondary N) is 1. The molecule has 1 aliphatic rings. The number of benzene rings is 3. The Hall–Kier alpha value is -3.19. The van der Waals surface area contributed by atoms with Gasteiger partial charge >= 0.3 is 57.1 Å². The van der Waals surface area contributed by atoms with E-state index in [0.29, 0.717) is 57.2 Å². The van der Waals surface area contributed by atoms with E-state index in [-0.39, 0.29) is 82.8 Å². The van der Waals surface area contributed by atoms with Gasteiger partial charge in [-0.2, -0.15) is 0 Å². The average Bonchev–Trinajstić information content (AvgIpc) is 3.48. The van der Waals surface area contributed by atoms with Crippen molar-refractivity contribution in [3.05, 3.63) is 116 Å². The average molecular weight is 651 g/mol. The molecule has 3 aromatic carbocycles. The molecule has 0 bridgehead atoms. The van der Waals surface area contributed by atoms with Crippen molar-refractivity contribution in [1.82, 2.24) is 19.7 Å². The van der Waals surface area contributed by atoms with Crippen LogP contribution in [0.2, 0.25) is 0 Å². The number of aliphatic hydroxyl groups is 1. The smallest absolute Gasteiger partial charge is 1.00 e. The summed E-state index contributed by atoms with van der Waals surface area (Å²) in [6.07, 6.45) is 4.36. The number of hydrogen-bond donors (Lipinski definition) is 2. The van der Waals surface area contributed by atoms with Crippen molar-refractivity contribution < 1.29 is 71.6 Å². The summed E-state index contributed by atoms with van der Waals surface area (Å²) >= 11 is 0. The molecule has 6 rings (SSSR count). The maximum absolute atomic E-state index is 15.7. The van der Waals surface area contributed by atoms with E-state index in [1.807, 2.05) is 43.3 Å². The molecule has 0 aliphatic heterocycles. The fourth-order valence-electron chi connectivity index (χ4n) is 6.01. The molecule has 9 nitrogen and oxygen atoms in total. The van der Waals surface area contributed by atoms with Gasteiger partial charge in [-0.3, -0.25) is 18.9 Å². The predicted octanol–water partition coefficient (Wildman–Crippen LogP) is 3.03. The van der Waals surface area contributed by atoms with Crippen molar-refractivity contribution in [2.24, 2.45) is 0 Å². The minimum atomic E-state index is -0.674. The molecule has 2 aromatic heterocycles. The molecule has 0 spiro atoms. The van der Waals surface area contributed by atoms with E-state index in [1.54, 1.807) is 35.8 Å². The molecular weight excluding hydrogens is 615 g/mol. The Morgan fingerprint density at radius 2 is 1.76 bits per heavy atom. The number of aromatic nitrogens is 4. The Bertz CT molecular complexity index is 1930. The Balaban J connectivity index is 0.00000250. The fourth-order valence-corrected chi connectivity index (χ4v) is 6.01. The maximum Gasteiger partial charge on any atom is 1.00 e. The summed E-state index contributed by atoms with van der Waals surface area (Å²) in [5.41, 5.74) is 3.78. The molecule has 234 valence electrons. The van der Waals surface area contributed by atoms with Crippen molar-refractivity contribution in [3.8, 4) is 34.0 Å². The second-order valence-electron chi connectivity index (χ2n) is 11.5. The van der Waals surface area contributed by atoms with Crippen molar-refractivity contribution in [2.75, 3.05) is 0 Å². The molecule has 2 heterocycles. The largest absolute Gasteiger partial charge is 1.00 e. The first kappa shape index (κ1) is 34.1. The summed E-state index contributed by atoms with van der Waals surface area (Å²) in [5.74, 6) is 0.387. The number of rotatable bonds is 9. The van der Waals surface area contributed by atoms with Crippen molar-refractivity contribution in [2.45, 2.75) is 71.0 Å². The van der Waals surface area contributed by atoms with Gasteiger partial charge in [-0.25, -0.2) is 14.2 Å². The van der Waals surface area contributed by atoms with Crippen molar-refractivity contribution >= 4 is 0 Å². The van der Waals surface area contributed by atoms with Gasteiger partial charge in [0.2, 0.25) is 0 Å². The third kappa shape index (κ3) is 7.51. The van der Waals surface area contributed by atoms with Crippen molar-refractivity contribution in [1.29, 1.82) is 0 Å². The van der Waals surface area contributed by atoms with Crippen LogP contribution in [0.15, 0.2) is 80.8 Å². The van der Waals surface area contributed by atoms with Crippen LogP contribution < -0.4 is 67.4 Å². The number of nitrogens with zero attached hydrogens (tertiary/aromatic N) is 3. The standard InChI is InChI=1S/C35H35FN4O5.K.H/c1-3-6-32-30(19-23-10-9-22(20-31(23)36)28-7-4-5-8-29(28)33-38-35(43)45-39-33)34(42)40(21(2)37-32)24-11-15-26(16-12-24)44-27-17-13-25(41)14-18-27;;/h4-5,7-12,15-16,20,25,27,41H,3,6,13-14,17-19H2,1-2H3,(H,38,39,43);;/q;+1;-1. The molecule has 46 heavy (non-hydrogen) atoms. The molecule has 11 heteroatoms. The van der Waals surface area contributed by atoms with E-state index in [4.69, 9.17) is 9.72 Å². The first-order valence-electron chi connectivity index (χ1n) is 15.3. The molecule has 0 unspecified atom stereocenters. The Morgan fingerprint density at radius 3 is 2.41 bits per heavy atom. The van der Waals surface area contributed by atoms with Crippen LogP contribution in [0, 0.1) is 12.7 Å². The second-order valence-corrected chi connectivity index (χ2v) is 11.5. The van der Waals surface area contributed by atoms with Crippen LogP contribution in [0.3, 0.4) is 0 Å². The fraction of sp³-hybridized carbons (Fsp3) is 0.314. The molecule has 0 radical (unpaired) electrons. The van der Waals surface area contributed by atoms with Gasteiger partial charge in [0, 0.05) is 17.5 Å². The summed E-state index contributed by atoms with van der Waals surface area (Å²) in [6, 6.07) is 19.5. The molecular formula is C35H36FKN4O5. The van der Waals surface area contributed by atoms with Gasteiger partial charge in [-0.1, -0.05) is 54.9 Å². The number of halogens is 1. The van der Waals surface area contributed by atoms with E-state index in [9.17, 15) is 14.7 Å². The first-order chi connectivity index (χ1) is 21.8. The van der Waals surface area contributed by atoms with E-state index >= 15 is 4.39 Å². The SMILES string of the molecule is CCCc1nc(C)n(-c2ccc(OC3CCC(O)CC3)cc2)c(=O)c1Cc1ccc(-c2ccccc2-c2noc(=O)[nH]2)cc1F.[H-].[K+]. The molecule has 5 aromatic rings. The van der Waals surface area contributed by atoms with E-state index in [0.717, 1.165) is 32.1 Å². The summed E-state index contributed by atoms with van der Waals surface area (Å²) in [5, 5.41) is 13.6. The van der Waals surface area contributed by atoms with Gasteiger partial charge in [-0.05, 0) is 86.1 Å². The summed E-state index contributed by atoms with van der Waals surface area (Å²) in [6.45, 7) is 3.82. The van der Waals surface area contributed by atoms with Gasteiger partial charge < -0.3 is 11.3 Å². The van der Waals surface area contributed by atoms with Crippen LogP contribution in [0.1, 0.15) is 63.1 Å². The summed E-state index contributed by atoms with van der Waals surface area (Å²) in [7, 11) is 0. The molecule has 0 saturated heterocycles. The zero-order valence-electron chi connectivity index (χ0n) is 27.3. The van der Waals surface area contributed by atoms with Crippen LogP contribution in [0.25, 0.3) is 28.2 Å². The second kappa shape index (κ2) is 15.1. The summed E-state index contributed by atoms with van der Waals surface area (Å²) < 4.78 is 28.1. The number of aromatic amines is 1. The third-order valence-electron chi connectivity index (χ3n) is 8.31. The Kier molecular flexibility index (Phi) is 11.2. The Morgan fingerprint density at radius 1 is 1.04 bits per heavy atom. The van der Waals surface area contributed by atoms with Gasteiger partial charge in [0.1, 0.15) is 17.4 Å². The maximum atomic E-state index is 15.7. The topological polar surface area (TPSA) is 123 Å². The summed E-state index contributed by atoms with van der Waals surface area (Å²) in [4.78, 5) is 32.9. The normalized spacial score (nSPS) is 16.2. The minimum Gasteiger partial charge on any atom is -1.00 e. The van der Waals surface area contributed by atoms with E-state index in [1.165, 1.54) is 6.07 Å². The number of ether oxygens (including phenoxy) is 1. The number of H-pyrrole nitrogens is 1. The number of aryl methyl sites for hydroxylation is 2. The predicted molar refractivity (Wildman–Crippen MR) is 169 cm³/mol. The van der Waals surface area contributed by atoms with Crippen LogP contribution >= 0.6 is 0 Å². The van der Waals surface area contributed by atoms with E-state index < -0.39 is 11.6 Å². The Labute approximate surface area is 309 Å². The van der Waals surface area contributed by atoms with Crippen LogP contribution in [0.5, 0.6) is 5.75 Å². The van der Waals surface area contributed by atoms with Gasteiger partial charge in [0.25, 0.3) is 5.56 Å².